The number of carbonyl (C=O) groups excluding carboxylic acids is 1. The molecule has 0 spiro atoms. The van der Waals surface area contributed by atoms with Gasteiger partial charge in [-0.2, -0.15) is 4.72 Å². The molecule has 7 heteroatoms. The van der Waals surface area contributed by atoms with E-state index in [1.807, 2.05) is 0 Å². The van der Waals surface area contributed by atoms with Gasteiger partial charge in [0.15, 0.2) is 0 Å². The van der Waals surface area contributed by atoms with E-state index in [1.165, 1.54) is 0 Å². The maximum Gasteiger partial charge on any atom is 0.241 e. The highest BCUT2D eigenvalue weighted by molar-refractivity contribution is 7.89. The fourth-order valence-electron chi connectivity index (χ4n) is 2.83. The zero-order valence-corrected chi connectivity index (χ0v) is 14.9. The fourth-order valence-corrected chi connectivity index (χ4v) is 4.34. The lowest BCUT2D eigenvalue weighted by molar-refractivity contribution is -0.131. The number of aryl methyl sites for hydroxylation is 2. The normalized spacial score (nSPS) is 16.4. The zero-order chi connectivity index (χ0) is 17.2. The number of carbonyl (C=O) groups is 1. The molecule has 0 radical (unpaired) electrons. The van der Waals surface area contributed by atoms with Gasteiger partial charge in [0.25, 0.3) is 0 Å². The van der Waals surface area contributed by atoms with Crippen LogP contribution in [0.4, 0.5) is 0 Å². The fraction of sp³-hybridized carbons (Fsp3) is 0.562. The van der Waals surface area contributed by atoms with Crippen molar-refractivity contribution in [2.24, 2.45) is 0 Å². The molecule has 1 atom stereocenters. The summed E-state index contributed by atoms with van der Waals surface area (Å²) in [6.45, 7) is 6.49. The van der Waals surface area contributed by atoms with Crippen molar-refractivity contribution in [3.8, 4) is 5.75 Å². The van der Waals surface area contributed by atoms with E-state index in [0.717, 1.165) is 18.4 Å². The third kappa shape index (κ3) is 3.84. The van der Waals surface area contributed by atoms with Crippen LogP contribution in [0, 0.1) is 13.8 Å². The van der Waals surface area contributed by atoms with E-state index in [4.69, 9.17) is 4.74 Å². The molecular formula is C16H24N2O4S. The smallest absolute Gasteiger partial charge is 0.241 e. The Kier molecular flexibility index (Phi) is 5.31. The second-order valence-corrected chi connectivity index (χ2v) is 7.65. The van der Waals surface area contributed by atoms with Crippen LogP contribution >= 0.6 is 0 Å². The van der Waals surface area contributed by atoms with Gasteiger partial charge in [0.05, 0.1) is 18.0 Å². The van der Waals surface area contributed by atoms with E-state index >= 15 is 0 Å². The molecule has 0 saturated carbocycles. The largest absolute Gasteiger partial charge is 0.496 e. The van der Waals surface area contributed by atoms with E-state index in [9.17, 15) is 13.2 Å². The van der Waals surface area contributed by atoms with Gasteiger partial charge in [-0.3, -0.25) is 4.79 Å². The summed E-state index contributed by atoms with van der Waals surface area (Å²) in [5.74, 6) is 0.469. The lowest BCUT2D eigenvalue weighted by atomic mass is 10.1. The molecule has 1 amide bonds. The van der Waals surface area contributed by atoms with Gasteiger partial charge in [-0.15, -0.1) is 0 Å². The molecule has 0 aliphatic carbocycles. The van der Waals surface area contributed by atoms with Gasteiger partial charge in [-0.1, -0.05) is 0 Å². The zero-order valence-electron chi connectivity index (χ0n) is 14.0. The Labute approximate surface area is 137 Å². The maximum absolute atomic E-state index is 12.6. The van der Waals surface area contributed by atoms with Gasteiger partial charge >= 0.3 is 0 Å². The number of nitrogens with zero attached hydrogens (tertiary/aromatic N) is 1. The molecule has 0 unspecified atom stereocenters. The molecule has 23 heavy (non-hydrogen) atoms. The molecule has 128 valence electrons. The molecule has 6 nitrogen and oxygen atoms in total. The SMILES string of the molecule is COc1cc(C)c(S(=O)(=O)N[C@@H](C)C(=O)N2CCCC2)cc1C. The van der Waals surface area contributed by atoms with Crippen molar-refractivity contribution < 1.29 is 17.9 Å². The second-order valence-electron chi connectivity index (χ2n) is 5.96. The summed E-state index contributed by atoms with van der Waals surface area (Å²) < 4.78 is 32.9. The van der Waals surface area contributed by atoms with E-state index < -0.39 is 16.1 Å². The summed E-state index contributed by atoms with van der Waals surface area (Å²) in [6.07, 6.45) is 1.95. The van der Waals surface area contributed by atoms with Gasteiger partial charge in [0.2, 0.25) is 15.9 Å². The molecule has 1 aromatic rings. The highest BCUT2D eigenvalue weighted by atomic mass is 32.2. The van der Waals surface area contributed by atoms with Crippen LogP contribution in [-0.2, 0) is 14.8 Å². The van der Waals surface area contributed by atoms with Crippen LogP contribution in [0.15, 0.2) is 17.0 Å². The average Bonchev–Trinajstić information content (AvgIpc) is 3.01. The average molecular weight is 340 g/mol. The number of benzene rings is 1. The Morgan fingerprint density at radius 2 is 1.83 bits per heavy atom. The lowest BCUT2D eigenvalue weighted by Gasteiger charge is -2.21. The van der Waals surface area contributed by atoms with Crippen molar-refractivity contribution in [3.05, 3.63) is 23.3 Å². The molecule has 1 N–H and O–H groups in total. The first-order valence-corrected chi connectivity index (χ1v) is 9.21. The quantitative estimate of drug-likeness (QED) is 0.883. The van der Waals surface area contributed by atoms with Crippen LogP contribution in [0.3, 0.4) is 0 Å². The Bertz CT molecular complexity index is 694. The molecular weight excluding hydrogens is 316 g/mol. The Morgan fingerprint density at radius 3 is 2.39 bits per heavy atom. The summed E-state index contributed by atoms with van der Waals surface area (Å²) in [5.41, 5.74) is 1.32. The Morgan fingerprint density at radius 1 is 1.22 bits per heavy atom. The molecule has 1 aromatic carbocycles. The van der Waals surface area contributed by atoms with Crippen LogP contribution in [0.5, 0.6) is 5.75 Å². The van der Waals surface area contributed by atoms with Gasteiger partial charge in [-0.25, -0.2) is 8.42 Å². The highest BCUT2D eigenvalue weighted by Gasteiger charge is 2.28. The van der Waals surface area contributed by atoms with Crippen LogP contribution in [0.2, 0.25) is 0 Å². The first kappa shape index (κ1) is 17.7. The molecule has 0 bridgehead atoms. The second kappa shape index (κ2) is 6.88. The van der Waals surface area contributed by atoms with Gasteiger partial charge in [-0.05, 0) is 56.9 Å². The van der Waals surface area contributed by atoms with Crippen LogP contribution < -0.4 is 9.46 Å². The monoisotopic (exact) mass is 340 g/mol. The summed E-state index contributed by atoms with van der Waals surface area (Å²) in [7, 11) is -2.22. The lowest BCUT2D eigenvalue weighted by Crippen LogP contribution is -2.45. The van der Waals surface area contributed by atoms with Crippen LogP contribution in [-0.4, -0.2) is 45.5 Å². The molecule has 1 heterocycles. The van der Waals surface area contributed by atoms with E-state index in [-0.39, 0.29) is 10.8 Å². The van der Waals surface area contributed by atoms with Gasteiger partial charge in [0.1, 0.15) is 5.75 Å². The van der Waals surface area contributed by atoms with Crippen molar-refractivity contribution in [2.45, 2.75) is 44.6 Å². The van der Waals surface area contributed by atoms with Crippen molar-refractivity contribution in [1.29, 1.82) is 0 Å². The molecule has 1 fully saturated rings. The minimum atomic E-state index is -3.77. The summed E-state index contributed by atoms with van der Waals surface area (Å²) in [4.78, 5) is 14.2. The molecule has 1 aliphatic rings. The maximum atomic E-state index is 12.6. The third-order valence-corrected chi connectivity index (χ3v) is 5.78. The number of ether oxygens (including phenoxy) is 1. The number of rotatable bonds is 5. The topological polar surface area (TPSA) is 75.7 Å². The Hall–Kier alpha value is -1.60. The van der Waals surface area contributed by atoms with Crippen molar-refractivity contribution >= 4 is 15.9 Å². The first-order chi connectivity index (χ1) is 10.8. The molecule has 1 saturated heterocycles. The van der Waals surface area contributed by atoms with E-state index in [2.05, 4.69) is 4.72 Å². The number of amides is 1. The molecule has 2 rings (SSSR count). The number of likely N-dealkylation sites (tertiary alicyclic amines) is 1. The van der Waals surface area contributed by atoms with Crippen LogP contribution in [0.25, 0.3) is 0 Å². The minimum absolute atomic E-state index is 0.172. The van der Waals surface area contributed by atoms with Gasteiger partial charge in [0, 0.05) is 13.1 Å². The van der Waals surface area contributed by atoms with Crippen molar-refractivity contribution in [2.75, 3.05) is 20.2 Å². The molecule has 1 aliphatic heterocycles. The van der Waals surface area contributed by atoms with E-state index in [1.54, 1.807) is 44.9 Å². The summed E-state index contributed by atoms with van der Waals surface area (Å²) in [5, 5.41) is 0. The van der Waals surface area contributed by atoms with Crippen molar-refractivity contribution in [3.63, 3.8) is 0 Å². The predicted octanol–water partition coefficient (Wildman–Crippen LogP) is 1.60. The highest BCUT2D eigenvalue weighted by Crippen LogP contribution is 2.25. The Balaban J connectivity index is 2.21. The van der Waals surface area contributed by atoms with Crippen LogP contribution in [0.1, 0.15) is 30.9 Å². The number of methoxy groups -OCH3 is 1. The first-order valence-electron chi connectivity index (χ1n) is 7.72. The number of hydrogen-bond donors (Lipinski definition) is 1. The summed E-state index contributed by atoms with van der Waals surface area (Å²) in [6, 6.07) is 2.49. The number of nitrogens with one attached hydrogen (secondary N) is 1. The minimum Gasteiger partial charge on any atom is -0.496 e. The number of hydrogen-bond acceptors (Lipinski definition) is 4. The predicted molar refractivity (Wildman–Crippen MR) is 88.1 cm³/mol. The standard InChI is InChI=1S/C16H24N2O4S/c1-11-10-15(12(2)9-14(11)22-4)23(20,21)17-13(3)16(19)18-7-5-6-8-18/h9-10,13,17H,5-8H2,1-4H3/t13-/m0/s1. The molecule has 0 aromatic heterocycles. The van der Waals surface area contributed by atoms with E-state index in [0.29, 0.717) is 24.4 Å². The van der Waals surface area contributed by atoms with Gasteiger partial charge < -0.3 is 9.64 Å². The summed E-state index contributed by atoms with van der Waals surface area (Å²) >= 11 is 0. The number of sulfonamides is 1. The third-order valence-electron chi connectivity index (χ3n) is 4.10. The van der Waals surface area contributed by atoms with Crippen molar-refractivity contribution in [1.82, 2.24) is 9.62 Å².